The summed E-state index contributed by atoms with van der Waals surface area (Å²) in [6.07, 6.45) is 1.64. The molecule has 0 atom stereocenters. The minimum atomic E-state index is -0.312. The van der Waals surface area contributed by atoms with E-state index in [1.807, 2.05) is 30.9 Å². The van der Waals surface area contributed by atoms with Crippen molar-refractivity contribution in [3.05, 3.63) is 29.3 Å². The number of urea groups is 1. The number of nitrogens with two attached hydrogens (primary N) is 1. The van der Waals surface area contributed by atoms with Crippen molar-refractivity contribution in [2.24, 2.45) is 5.73 Å². The third-order valence-corrected chi connectivity index (χ3v) is 4.28. The fourth-order valence-electron chi connectivity index (χ4n) is 2.98. The second-order valence-electron chi connectivity index (χ2n) is 6.53. The summed E-state index contributed by atoms with van der Waals surface area (Å²) in [4.78, 5) is 24.8. The number of aryl methyl sites for hydroxylation is 2. The number of carbonyl (C=O) groups excluding carboxylic acids is 2. The Labute approximate surface area is 148 Å². The van der Waals surface area contributed by atoms with Crippen LogP contribution in [0.2, 0.25) is 0 Å². The molecule has 1 aliphatic heterocycles. The number of primary amides is 1. The molecule has 1 aromatic carbocycles. The summed E-state index contributed by atoms with van der Waals surface area (Å²) >= 11 is 0. The minimum Gasteiger partial charge on any atom is -0.491 e. The second kappa shape index (κ2) is 9.27. The highest BCUT2D eigenvalue weighted by molar-refractivity contribution is 5.76. The predicted octanol–water partition coefficient (Wildman–Crippen LogP) is 0.931. The lowest BCUT2D eigenvalue weighted by atomic mass is 10.1. The molecule has 1 aromatic rings. The van der Waals surface area contributed by atoms with Crippen molar-refractivity contribution in [1.29, 1.82) is 0 Å². The number of ether oxygens (including phenoxy) is 1. The summed E-state index contributed by atoms with van der Waals surface area (Å²) in [5, 5.41) is 5.77. The molecule has 0 radical (unpaired) electrons. The van der Waals surface area contributed by atoms with Crippen molar-refractivity contribution in [3.8, 4) is 5.75 Å². The molecule has 0 bridgehead atoms. The van der Waals surface area contributed by atoms with Crippen LogP contribution in [0, 0.1) is 13.8 Å². The van der Waals surface area contributed by atoms with Gasteiger partial charge in [-0.3, -0.25) is 9.69 Å². The number of hydrogen-bond donors (Lipinski definition) is 3. The van der Waals surface area contributed by atoms with Crippen LogP contribution < -0.4 is 21.1 Å². The lowest BCUT2D eigenvalue weighted by Crippen LogP contribution is -2.49. The van der Waals surface area contributed by atoms with Crippen molar-refractivity contribution >= 4 is 11.9 Å². The van der Waals surface area contributed by atoms with Gasteiger partial charge in [0.1, 0.15) is 12.4 Å². The molecule has 4 N–H and O–H groups in total. The smallest absolute Gasteiger partial charge is 0.315 e. The predicted molar refractivity (Wildman–Crippen MR) is 96.6 cm³/mol. The summed E-state index contributed by atoms with van der Waals surface area (Å²) < 4.78 is 5.69. The lowest BCUT2D eigenvalue weighted by Gasteiger charge is -2.31. The lowest BCUT2D eigenvalue weighted by molar-refractivity contribution is -0.119. The van der Waals surface area contributed by atoms with Crippen LogP contribution in [0.1, 0.15) is 24.0 Å². The molecule has 0 aliphatic carbocycles. The molecule has 25 heavy (non-hydrogen) atoms. The van der Waals surface area contributed by atoms with Crippen LogP contribution in [0.5, 0.6) is 5.75 Å². The van der Waals surface area contributed by atoms with Crippen LogP contribution in [0.25, 0.3) is 0 Å². The molecule has 7 heteroatoms. The van der Waals surface area contributed by atoms with Crippen LogP contribution in [0.3, 0.4) is 0 Å². The molecule has 138 valence electrons. The summed E-state index contributed by atoms with van der Waals surface area (Å²) in [7, 11) is 0. The van der Waals surface area contributed by atoms with Crippen molar-refractivity contribution in [2.75, 3.05) is 32.8 Å². The van der Waals surface area contributed by atoms with Crippen molar-refractivity contribution in [2.45, 2.75) is 32.7 Å². The highest BCUT2D eigenvalue weighted by atomic mass is 16.5. The molecule has 7 nitrogen and oxygen atoms in total. The van der Waals surface area contributed by atoms with Crippen LogP contribution in [0.4, 0.5) is 4.79 Å². The molecular formula is C18H28N4O3. The van der Waals surface area contributed by atoms with Gasteiger partial charge in [-0.2, -0.15) is 0 Å². The van der Waals surface area contributed by atoms with Gasteiger partial charge in [-0.1, -0.05) is 17.7 Å². The fraction of sp³-hybridized carbons (Fsp3) is 0.556. The van der Waals surface area contributed by atoms with E-state index in [-0.39, 0.29) is 24.5 Å². The Hall–Kier alpha value is -2.28. The first-order chi connectivity index (χ1) is 11.9. The SMILES string of the molecule is Cc1ccc(OCCNC(=O)NC2CCN(CC(N)=O)CC2)c(C)c1. The molecule has 1 fully saturated rings. The quantitative estimate of drug-likeness (QED) is 0.639. The van der Waals surface area contributed by atoms with Gasteiger partial charge in [0.2, 0.25) is 5.91 Å². The minimum absolute atomic E-state index is 0.129. The normalized spacial score (nSPS) is 15.6. The zero-order valence-corrected chi connectivity index (χ0v) is 15.0. The molecule has 0 saturated carbocycles. The third kappa shape index (κ3) is 6.62. The fourth-order valence-corrected chi connectivity index (χ4v) is 2.98. The number of amides is 3. The van der Waals surface area contributed by atoms with E-state index in [4.69, 9.17) is 10.5 Å². The first-order valence-corrected chi connectivity index (χ1v) is 8.69. The third-order valence-electron chi connectivity index (χ3n) is 4.28. The number of likely N-dealkylation sites (tertiary alicyclic amines) is 1. The topological polar surface area (TPSA) is 96.7 Å². The average Bonchev–Trinajstić information content (AvgIpc) is 2.54. The number of nitrogens with zero attached hydrogens (tertiary/aromatic N) is 1. The first-order valence-electron chi connectivity index (χ1n) is 8.69. The molecular weight excluding hydrogens is 320 g/mol. The van der Waals surface area contributed by atoms with E-state index in [0.717, 1.165) is 37.2 Å². The molecule has 1 heterocycles. The van der Waals surface area contributed by atoms with Gasteiger partial charge < -0.3 is 21.1 Å². The van der Waals surface area contributed by atoms with E-state index in [9.17, 15) is 9.59 Å². The second-order valence-corrected chi connectivity index (χ2v) is 6.53. The van der Waals surface area contributed by atoms with Crippen molar-refractivity contribution < 1.29 is 14.3 Å². The highest BCUT2D eigenvalue weighted by Gasteiger charge is 2.21. The maximum atomic E-state index is 11.9. The Morgan fingerprint density at radius 1 is 1.28 bits per heavy atom. The van der Waals surface area contributed by atoms with Crippen LogP contribution >= 0.6 is 0 Å². The van der Waals surface area contributed by atoms with Gasteiger partial charge >= 0.3 is 6.03 Å². The maximum Gasteiger partial charge on any atom is 0.315 e. The summed E-state index contributed by atoms with van der Waals surface area (Å²) in [5.74, 6) is 0.530. The van der Waals surface area contributed by atoms with Gasteiger partial charge in [0.25, 0.3) is 0 Å². The summed E-state index contributed by atoms with van der Waals surface area (Å²) in [6, 6.07) is 5.97. The van der Waals surface area contributed by atoms with Crippen LogP contribution in [0.15, 0.2) is 18.2 Å². The first kappa shape index (κ1) is 19.1. The van der Waals surface area contributed by atoms with E-state index in [2.05, 4.69) is 16.7 Å². The van der Waals surface area contributed by atoms with Gasteiger partial charge in [0.15, 0.2) is 0 Å². The Morgan fingerprint density at radius 2 is 2.00 bits per heavy atom. The number of rotatable bonds is 7. The van der Waals surface area contributed by atoms with E-state index >= 15 is 0 Å². The molecule has 1 saturated heterocycles. The molecule has 0 unspecified atom stereocenters. The Bertz CT molecular complexity index is 598. The Balaban J connectivity index is 1.60. The monoisotopic (exact) mass is 348 g/mol. The van der Waals surface area contributed by atoms with Gasteiger partial charge in [-0.25, -0.2) is 4.79 Å². The largest absolute Gasteiger partial charge is 0.491 e. The Morgan fingerprint density at radius 3 is 2.64 bits per heavy atom. The van der Waals surface area contributed by atoms with E-state index < -0.39 is 0 Å². The number of benzene rings is 1. The van der Waals surface area contributed by atoms with E-state index in [1.54, 1.807) is 0 Å². The summed E-state index contributed by atoms with van der Waals surface area (Å²) in [5.41, 5.74) is 7.48. The highest BCUT2D eigenvalue weighted by Crippen LogP contribution is 2.18. The number of nitrogens with one attached hydrogen (secondary N) is 2. The van der Waals surface area contributed by atoms with Gasteiger partial charge in [0.05, 0.1) is 13.1 Å². The number of carbonyl (C=O) groups is 2. The van der Waals surface area contributed by atoms with Crippen LogP contribution in [-0.2, 0) is 4.79 Å². The van der Waals surface area contributed by atoms with Crippen molar-refractivity contribution in [1.82, 2.24) is 15.5 Å². The number of piperidine rings is 1. The average molecular weight is 348 g/mol. The Kier molecular flexibility index (Phi) is 7.06. The zero-order chi connectivity index (χ0) is 18.2. The van der Waals surface area contributed by atoms with Crippen LogP contribution in [-0.4, -0.2) is 55.7 Å². The zero-order valence-electron chi connectivity index (χ0n) is 15.0. The molecule has 2 rings (SSSR count). The standard InChI is InChI=1S/C18H28N4O3/c1-13-3-4-16(14(2)11-13)25-10-7-20-18(24)21-15-5-8-22(9-6-15)12-17(19)23/h3-4,11,15H,5-10,12H2,1-2H3,(H2,19,23)(H2,20,21,24). The molecule has 0 aromatic heterocycles. The summed E-state index contributed by atoms with van der Waals surface area (Å²) in [6.45, 7) is 6.74. The van der Waals surface area contributed by atoms with E-state index in [1.165, 1.54) is 5.56 Å². The van der Waals surface area contributed by atoms with E-state index in [0.29, 0.717) is 13.2 Å². The molecule has 0 spiro atoms. The number of hydrogen-bond acceptors (Lipinski definition) is 4. The maximum absolute atomic E-state index is 11.9. The van der Waals surface area contributed by atoms with Gasteiger partial charge in [0, 0.05) is 19.1 Å². The molecule has 1 aliphatic rings. The van der Waals surface area contributed by atoms with Gasteiger partial charge in [-0.15, -0.1) is 0 Å². The van der Waals surface area contributed by atoms with Crippen molar-refractivity contribution in [3.63, 3.8) is 0 Å². The van der Waals surface area contributed by atoms with Gasteiger partial charge in [-0.05, 0) is 38.3 Å². The molecule has 3 amide bonds.